The van der Waals surface area contributed by atoms with Crippen LogP contribution in [-0.2, 0) is 11.3 Å². The molecule has 3 rings (SSSR count). The van der Waals surface area contributed by atoms with Crippen LogP contribution < -0.4 is 20.1 Å². The van der Waals surface area contributed by atoms with Crippen LogP contribution in [0.4, 0.5) is 0 Å². The molecule has 1 aliphatic heterocycles. The number of rotatable bonds is 8. The van der Waals surface area contributed by atoms with Gasteiger partial charge < -0.3 is 20.1 Å². The van der Waals surface area contributed by atoms with Crippen molar-refractivity contribution in [2.75, 3.05) is 26.3 Å². The van der Waals surface area contributed by atoms with E-state index in [0.717, 1.165) is 30.2 Å². The van der Waals surface area contributed by atoms with E-state index in [1.54, 1.807) is 12.1 Å². The zero-order valence-corrected chi connectivity index (χ0v) is 14.6. The van der Waals surface area contributed by atoms with Crippen molar-refractivity contribution in [3.63, 3.8) is 0 Å². The fraction of sp³-hybridized carbons (Fsp3) is 0.316. The van der Waals surface area contributed by atoms with Gasteiger partial charge in [-0.1, -0.05) is 23.7 Å². The third kappa shape index (κ3) is 5.37. The molecule has 0 aromatic heterocycles. The number of amides is 1. The number of halogens is 1. The lowest BCUT2D eigenvalue weighted by atomic mass is 10.0. The minimum absolute atomic E-state index is 0.110. The standard InChI is InChI=1S/C19H21ClN2O3/c20-16-3-7-18(8-4-16)25-10-9-24-17-5-1-14(2-6-17)11-22-19(23)15-12-21-13-15/h1-8,15,21H,9-13H2,(H,22,23). The van der Waals surface area contributed by atoms with Crippen molar-refractivity contribution in [2.24, 2.45) is 5.92 Å². The molecule has 0 unspecified atom stereocenters. The Bertz CT molecular complexity index is 685. The molecule has 0 saturated carbocycles. The summed E-state index contributed by atoms with van der Waals surface area (Å²) in [6, 6.07) is 14.9. The highest BCUT2D eigenvalue weighted by molar-refractivity contribution is 6.30. The number of carbonyl (C=O) groups excluding carboxylic acids is 1. The number of benzene rings is 2. The number of ether oxygens (including phenoxy) is 2. The fourth-order valence-electron chi connectivity index (χ4n) is 2.36. The maximum Gasteiger partial charge on any atom is 0.225 e. The van der Waals surface area contributed by atoms with Gasteiger partial charge in [-0.3, -0.25) is 4.79 Å². The summed E-state index contributed by atoms with van der Waals surface area (Å²) in [5.41, 5.74) is 1.05. The molecule has 6 heteroatoms. The monoisotopic (exact) mass is 360 g/mol. The van der Waals surface area contributed by atoms with E-state index in [9.17, 15) is 4.79 Å². The molecule has 1 fully saturated rings. The van der Waals surface area contributed by atoms with E-state index in [-0.39, 0.29) is 11.8 Å². The highest BCUT2D eigenvalue weighted by Gasteiger charge is 2.24. The Morgan fingerprint density at radius 1 is 1.00 bits per heavy atom. The maximum absolute atomic E-state index is 11.8. The Morgan fingerprint density at radius 3 is 2.08 bits per heavy atom. The predicted octanol–water partition coefficient (Wildman–Crippen LogP) is 2.63. The summed E-state index contributed by atoms with van der Waals surface area (Å²) >= 11 is 5.82. The molecule has 0 spiro atoms. The normalized spacial score (nSPS) is 13.8. The van der Waals surface area contributed by atoms with Crippen molar-refractivity contribution in [1.82, 2.24) is 10.6 Å². The van der Waals surface area contributed by atoms with Crippen LogP contribution in [0.3, 0.4) is 0 Å². The van der Waals surface area contributed by atoms with Gasteiger partial charge in [0, 0.05) is 24.7 Å². The van der Waals surface area contributed by atoms with Crippen molar-refractivity contribution >= 4 is 17.5 Å². The zero-order chi connectivity index (χ0) is 17.5. The van der Waals surface area contributed by atoms with E-state index in [1.165, 1.54) is 0 Å². The van der Waals surface area contributed by atoms with Crippen LogP contribution in [0.5, 0.6) is 11.5 Å². The van der Waals surface area contributed by atoms with Crippen LogP contribution in [-0.4, -0.2) is 32.2 Å². The first-order valence-corrected chi connectivity index (χ1v) is 8.67. The lowest BCUT2D eigenvalue weighted by Crippen LogP contribution is -2.50. The van der Waals surface area contributed by atoms with Gasteiger partial charge in [0.25, 0.3) is 0 Å². The van der Waals surface area contributed by atoms with Gasteiger partial charge in [0.15, 0.2) is 0 Å². The van der Waals surface area contributed by atoms with Crippen molar-refractivity contribution in [3.8, 4) is 11.5 Å². The van der Waals surface area contributed by atoms with Gasteiger partial charge in [-0.15, -0.1) is 0 Å². The molecule has 132 valence electrons. The summed E-state index contributed by atoms with van der Waals surface area (Å²) in [7, 11) is 0. The van der Waals surface area contributed by atoms with E-state index >= 15 is 0 Å². The third-order valence-corrected chi connectivity index (χ3v) is 4.23. The van der Waals surface area contributed by atoms with E-state index in [4.69, 9.17) is 21.1 Å². The van der Waals surface area contributed by atoms with Gasteiger partial charge in [0.1, 0.15) is 24.7 Å². The second kappa shape index (κ2) is 8.74. The molecular weight excluding hydrogens is 340 g/mol. The molecule has 5 nitrogen and oxygen atoms in total. The Hall–Kier alpha value is -2.24. The van der Waals surface area contributed by atoms with Gasteiger partial charge in [-0.2, -0.15) is 0 Å². The number of hydrogen-bond donors (Lipinski definition) is 2. The average molecular weight is 361 g/mol. The highest BCUT2D eigenvalue weighted by Crippen LogP contribution is 2.16. The molecule has 2 aromatic rings. The second-order valence-electron chi connectivity index (χ2n) is 5.87. The Kier molecular flexibility index (Phi) is 6.14. The Labute approximate surface area is 152 Å². The molecule has 0 aliphatic carbocycles. The van der Waals surface area contributed by atoms with Crippen molar-refractivity contribution in [3.05, 3.63) is 59.1 Å². The van der Waals surface area contributed by atoms with Crippen LogP contribution in [0.1, 0.15) is 5.56 Å². The molecule has 1 saturated heterocycles. The van der Waals surface area contributed by atoms with E-state index in [2.05, 4.69) is 10.6 Å². The SMILES string of the molecule is O=C(NCc1ccc(OCCOc2ccc(Cl)cc2)cc1)C1CNC1. The summed E-state index contributed by atoms with van der Waals surface area (Å²) < 4.78 is 11.2. The molecule has 2 N–H and O–H groups in total. The molecule has 0 radical (unpaired) electrons. The summed E-state index contributed by atoms with van der Waals surface area (Å²) in [5.74, 6) is 1.76. The summed E-state index contributed by atoms with van der Waals surface area (Å²) in [5, 5.41) is 6.72. The van der Waals surface area contributed by atoms with Crippen molar-refractivity contribution in [1.29, 1.82) is 0 Å². The van der Waals surface area contributed by atoms with Gasteiger partial charge in [0.2, 0.25) is 5.91 Å². The molecule has 1 aliphatic rings. The molecule has 0 atom stereocenters. The summed E-state index contributed by atoms with van der Waals surface area (Å²) in [6.07, 6.45) is 0. The van der Waals surface area contributed by atoms with Gasteiger partial charge >= 0.3 is 0 Å². The summed E-state index contributed by atoms with van der Waals surface area (Å²) in [4.78, 5) is 11.8. The minimum atomic E-state index is 0.110. The van der Waals surface area contributed by atoms with Crippen molar-refractivity contribution < 1.29 is 14.3 Å². The predicted molar refractivity (Wildman–Crippen MR) is 97.1 cm³/mol. The minimum Gasteiger partial charge on any atom is -0.490 e. The van der Waals surface area contributed by atoms with Gasteiger partial charge in [-0.25, -0.2) is 0 Å². The third-order valence-electron chi connectivity index (χ3n) is 3.98. The highest BCUT2D eigenvalue weighted by atomic mass is 35.5. The lowest BCUT2D eigenvalue weighted by Gasteiger charge is -2.25. The Balaban J connectivity index is 1.35. The fourth-order valence-corrected chi connectivity index (χ4v) is 2.49. The molecule has 1 amide bonds. The van der Waals surface area contributed by atoms with Crippen LogP contribution in [0.25, 0.3) is 0 Å². The van der Waals surface area contributed by atoms with Crippen LogP contribution >= 0.6 is 11.6 Å². The molecule has 0 bridgehead atoms. The number of carbonyl (C=O) groups is 1. The molecule has 25 heavy (non-hydrogen) atoms. The van der Waals surface area contributed by atoms with E-state index < -0.39 is 0 Å². The molecule has 2 aromatic carbocycles. The first-order valence-electron chi connectivity index (χ1n) is 8.29. The first-order chi connectivity index (χ1) is 12.2. The number of nitrogens with one attached hydrogen (secondary N) is 2. The maximum atomic E-state index is 11.8. The van der Waals surface area contributed by atoms with Crippen molar-refractivity contribution in [2.45, 2.75) is 6.54 Å². The first kappa shape index (κ1) is 17.6. The average Bonchev–Trinajstić information content (AvgIpc) is 2.58. The second-order valence-corrected chi connectivity index (χ2v) is 6.30. The Morgan fingerprint density at radius 2 is 1.56 bits per heavy atom. The zero-order valence-electron chi connectivity index (χ0n) is 13.8. The van der Waals surface area contributed by atoms with E-state index in [0.29, 0.717) is 24.8 Å². The topological polar surface area (TPSA) is 59.6 Å². The summed E-state index contributed by atoms with van der Waals surface area (Å²) in [6.45, 7) is 2.99. The smallest absolute Gasteiger partial charge is 0.225 e. The quantitative estimate of drug-likeness (QED) is 0.710. The van der Waals surface area contributed by atoms with Gasteiger partial charge in [0.05, 0.1) is 5.92 Å². The van der Waals surface area contributed by atoms with E-state index in [1.807, 2.05) is 36.4 Å². The number of hydrogen-bond acceptors (Lipinski definition) is 4. The lowest BCUT2D eigenvalue weighted by molar-refractivity contribution is -0.126. The largest absolute Gasteiger partial charge is 0.490 e. The van der Waals surface area contributed by atoms with Crippen LogP contribution in [0.15, 0.2) is 48.5 Å². The van der Waals surface area contributed by atoms with Crippen LogP contribution in [0, 0.1) is 5.92 Å². The molecular formula is C19H21ClN2O3. The van der Waals surface area contributed by atoms with Gasteiger partial charge in [-0.05, 0) is 42.0 Å². The molecule has 1 heterocycles. The van der Waals surface area contributed by atoms with Crippen LogP contribution in [0.2, 0.25) is 5.02 Å².